The Bertz CT molecular complexity index is 181. The van der Waals surface area contributed by atoms with Gasteiger partial charge in [-0.1, -0.05) is 0 Å². The lowest BCUT2D eigenvalue weighted by molar-refractivity contribution is -0.126. The lowest BCUT2D eigenvalue weighted by Gasteiger charge is -2.31. The Hall–Kier alpha value is -0.410. The number of carbonyl (C=O) groups excluding carboxylic acids is 1. The normalized spacial score (nSPS) is 39.2. The smallest absolute Gasteiger partial charge is 0.141 e. The molecule has 0 aliphatic carbocycles. The van der Waals surface area contributed by atoms with Gasteiger partial charge in [0.05, 0.1) is 19.1 Å². The summed E-state index contributed by atoms with van der Waals surface area (Å²) in [5.74, 6) is 0.569. The van der Waals surface area contributed by atoms with Crippen LogP contribution in [0.25, 0.3) is 0 Å². The third kappa shape index (κ3) is 1.08. The second kappa shape index (κ2) is 2.57. The van der Waals surface area contributed by atoms with Gasteiger partial charge in [0, 0.05) is 19.0 Å². The fourth-order valence-corrected chi connectivity index (χ4v) is 1.92. The van der Waals surface area contributed by atoms with Crippen molar-refractivity contribution in [1.82, 2.24) is 4.90 Å². The summed E-state index contributed by atoms with van der Waals surface area (Å²) in [6.07, 6.45) is 0.709. The first-order chi connectivity index (χ1) is 5.29. The molecule has 2 aliphatic rings. The summed E-state index contributed by atoms with van der Waals surface area (Å²) >= 11 is 0. The van der Waals surface area contributed by atoms with Crippen molar-refractivity contribution < 1.29 is 9.53 Å². The molecule has 0 aromatic heterocycles. The van der Waals surface area contributed by atoms with Gasteiger partial charge in [-0.15, -0.1) is 0 Å². The highest BCUT2D eigenvalue weighted by molar-refractivity contribution is 5.83. The number of ketones is 1. The predicted octanol–water partition coefficient (Wildman–Crippen LogP) is -0.0940. The molecule has 0 aromatic rings. The minimum atomic E-state index is 0.175. The van der Waals surface area contributed by atoms with Gasteiger partial charge in [-0.2, -0.15) is 0 Å². The number of carbonyl (C=O) groups is 1. The highest BCUT2D eigenvalue weighted by Gasteiger charge is 2.39. The number of Topliss-reactive ketones (excluding diaryl/α,β-unsaturated/α-hetero) is 1. The minimum absolute atomic E-state index is 0.175. The Kier molecular flexibility index (Phi) is 1.69. The van der Waals surface area contributed by atoms with Crippen molar-refractivity contribution in [3.8, 4) is 0 Å². The van der Waals surface area contributed by atoms with Crippen LogP contribution >= 0.6 is 0 Å². The average Bonchev–Trinajstić information content (AvgIpc) is 2.45. The fourth-order valence-electron chi connectivity index (χ4n) is 1.92. The number of rotatable bonds is 0. The number of likely N-dealkylation sites (N-methyl/N-ethyl adjacent to an activating group) is 1. The zero-order valence-corrected chi connectivity index (χ0v) is 6.75. The van der Waals surface area contributed by atoms with Gasteiger partial charge < -0.3 is 4.74 Å². The summed E-state index contributed by atoms with van der Waals surface area (Å²) in [5, 5.41) is 0. The van der Waals surface area contributed by atoms with Crippen LogP contribution in [0.3, 0.4) is 0 Å². The number of hydrogen-bond acceptors (Lipinski definition) is 3. The van der Waals surface area contributed by atoms with Crippen LogP contribution in [-0.2, 0) is 9.53 Å². The van der Waals surface area contributed by atoms with E-state index in [1.165, 1.54) is 0 Å². The zero-order chi connectivity index (χ0) is 7.84. The number of piperidine rings is 1. The van der Waals surface area contributed by atoms with Crippen LogP contribution in [0.1, 0.15) is 6.42 Å². The molecule has 2 rings (SSSR count). The van der Waals surface area contributed by atoms with Gasteiger partial charge in [0.25, 0.3) is 0 Å². The highest BCUT2D eigenvalue weighted by Crippen LogP contribution is 2.24. The van der Waals surface area contributed by atoms with Crippen molar-refractivity contribution in [2.45, 2.75) is 12.5 Å². The largest absolute Gasteiger partial charge is 0.379 e. The van der Waals surface area contributed by atoms with E-state index in [1.54, 1.807) is 0 Å². The Balaban J connectivity index is 2.14. The van der Waals surface area contributed by atoms with Crippen molar-refractivity contribution in [1.29, 1.82) is 0 Å². The molecule has 2 atom stereocenters. The number of hydrogen-bond donors (Lipinski definition) is 0. The summed E-state index contributed by atoms with van der Waals surface area (Å²) in [6.45, 7) is 2.30. The number of likely N-dealkylation sites (tertiary alicyclic amines) is 1. The summed E-state index contributed by atoms with van der Waals surface area (Å²) in [5.41, 5.74) is 0. The molecule has 0 spiro atoms. The molecule has 2 aliphatic heterocycles. The first kappa shape index (κ1) is 7.25. The average molecular weight is 155 g/mol. The minimum Gasteiger partial charge on any atom is -0.379 e. The molecule has 0 unspecified atom stereocenters. The molecule has 0 bridgehead atoms. The molecule has 3 heteroatoms. The SMILES string of the molecule is CN1CCC(=O)[C@@H]2COC[C@@H]21. The third-order valence-electron chi connectivity index (χ3n) is 2.74. The Morgan fingerprint density at radius 3 is 3.09 bits per heavy atom. The maximum Gasteiger partial charge on any atom is 0.141 e. The van der Waals surface area contributed by atoms with Crippen molar-refractivity contribution in [3.05, 3.63) is 0 Å². The van der Waals surface area contributed by atoms with Crippen LogP contribution in [0.2, 0.25) is 0 Å². The van der Waals surface area contributed by atoms with Crippen LogP contribution < -0.4 is 0 Å². The van der Waals surface area contributed by atoms with E-state index < -0.39 is 0 Å². The molecule has 2 heterocycles. The van der Waals surface area contributed by atoms with Crippen LogP contribution in [-0.4, -0.2) is 43.5 Å². The van der Waals surface area contributed by atoms with Crippen molar-refractivity contribution in [2.24, 2.45) is 5.92 Å². The maximum absolute atomic E-state index is 11.3. The van der Waals surface area contributed by atoms with E-state index in [9.17, 15) is 4.79 Å². The van der Waals surface area contributed by atoms with E-state index in [0.717, 1.165) is 13.2 Å². The quantitative estimate of drug-likeness (QED) is 0.489. The molecule has 0 saturated carbocycles. The van der Waals surface area contributed by atoms with Crippen LogP contribution in [0.5, 0.6) is 0 Å². The maximum atomic E-state index is 11.3. The third-order valence-corrected chi connectivity index (χ3v) is 2.74. The second-order valence-corrected chi connectivity index (χ2v) is 3.41. The molecular weight excluding hydrogens is 142 g/mol. The predicted molar refractivity (Wildman–Crippen MR) is 40.4 cm³/mol. The summed E-state index contributed by atoms with van der Waals surface area (Å²) in [4.78, 5) is 13.5. The molecule has 0 aromatic carbocycles. The molecule has 2 saturated heterocycles. The van der Waals surface area contributed by atoms with E-state index >= 15 is 0 Å². The van der Waals surface area contributed by atoms with Gasteiger partial charge in [-0.3, -0.25) is 9.69 Å². The first-order valence-corrected chi connectivity index (χ1v) is 4.10. The number of nitrogens with zero attached hydrogens (tertiary/aromatic N) is 1. The van der Waals surface area contributed by atoms with Gasteiger partial charge in [0.1, 0.15) is 5.78 Å². The van der Waals surface area contributed by atoms with Crippen LogP contribution in [0.15, 0.2) is 0 Å². The molecule has 62 valence electrons. The van der Waals surface area contributed by atoms with Gasteiger partial charge in [0.2, 0.25) is 0 Å². The van der Waals surface area contributed by atoms with Crippen molar-refractivity contribution in [3.63, 3.8) is 0 Å². The summed E-state index contributed by atoms with van der Waals surface area (Å²) in [6, 6.07) is 0.372. The Morgan fingerprint density at radius 1 is 1.55 bits per heavy atom. The van der Waals surface area contributed by atoms with Crippen LogP contribution in [0.4, 0.5) is 0 Å². The van der Waals surface area contributed by atoms with Crippen molar-refractivity contribution in [2.75, 3.05) is 26.8 Å². The van der Waals surface area contributed by atoms with Gasteiger partial charge in [-0.25, -0.2) is 0 Å². The van der Waals surface area contributed by atoms with E-state index in [-0.39, 0.29) is 5.92 Å². The monoisotopic (exact) mass is 155 g/mol. The molecule has 0 N–H and O–H groups in total. The summed E-state index contributed by atoms with van der Waals surface area (Å²) < 4.78 is 5.27. The van der Waals surface area contributed by atoms with E-state index in [4.69, 9.17) is 4.74 Å². The second-order valence-electron chi connectivity index (χ2n) is 3.41. The van der Waals surface area contributed by atoms with Crippen molar-refractivity contribution >= 4 is 5.78 Å². The lowest BCUT2D eigenvalue weighted by atomic mass is 9.91. The molecule has 3 nitrogen and oxygen atoms in total. The van der Waals surface area contributed by atoms with Gasteiger partial charge in [-0.05, 0) is 7.05 Å². The number of fused-ring (bicyclic) bond motifs is 1. The van der Waals surface area contributed by atoms with E-state index in [0.29, 0.717) is 24.9 Å². The molecule has 11 heavy (non-hydrogen) atoms. The summed E-state index contributed by atoms with van der Waals surface area (Å²) in [7, 11) is 2.07. The standard InChI is InChI=1S/C8H13NO2/c1-9-3-2-8(10)6-4-11-5-7(6)9/h6-7H,2-5H2,1H3/t6-,7+/m1/s1. The molecular formula is C8H13NO2. The topological polar surface area (TPSA) is 29.5 Å². The van der Waals surface area contributed by atoms with Gasteiger partial charge >= 0.3 is 0 Å². The van der Waals surface area contributed by atoms with E-state index in [2.05, 4.69) is 11.9 Å². The Labute approximate surface area is 66.3 Å². The molecule has 0 amide bonds. The lowest BCUT2D eigenvalue weighted by Crippen LogP contribution is -2.46. The van der Waals surface area contributed by atoms with Gasteiger partial charge in [0.15, 0.2) is 0 Å². The zero-order valence-electron chi connectivity index (χ0n) is 6.75. The molecule has 0 radical (unpaired) electrons. The highest BCUT2D eigenvalue weighted by atomic mass is 16.5. The van der Waals surface area contributed by atoms with Crippen LogP contribution in [0, 0.1) is 5.92 Å². The fraction of sp³-hybridized carbons (Fsp3) is 0.875. The number of ether oxygens (including phenoxy) is 1. The Morgan fingerprint density at radius 2 is 2.36 bits per heavy atom. The first-order valence-electron chi connectivity index (χ1n) is 4.10. The van der Waals surface area contributed by atoms with E-state index in [1.807, 2.05) is 0 Å². The molecule has 2 fully saturated rings.